The first-order chi connectivity index (χ1) is 10.7. The zero-order valence-electron chi connectivity index (χ0n) is 12.5. The van der Waals surface area contributed by atoms with Crippen molar-refractivity contribution in [1.82, 2.24) is 0 Å². The van der Waals surface area contributed by atoms with Gasteiger partial charge in [0, 0.05) is 5.56 Å². The van der Waals surface area contributed by atoms with E-state index in [4.69, 9.17) is 4.74 Å². The van der Waals surface area contributed by atoms with E-state index in [0.29, 0.717) is 12.2 Å². The number of ether oxygens (including phenoxy) is 1. The Bertz CT molecular complexity index is 744. The molecule has 3 heteroatoms. The van der Waals surface area contributed by atoms with Crippen molar-refractivity contribution in [3.8, 4) is 5.75 Å². The molecule has 112 valence electrons. The lowest BCUT2D eigenvalue weighted by atomic mass is 9.85. The Labute approximate surface area is 129 Å². The summed E-state index contributed by atoms with van der Waals surface area (Å²) in [5, 5.41) is 9.24. The van der Waals surface area contributed by atoms with Crippen LogP contribution in [0.15, 0.2) is 48.5 Å². The lowest BCUT2D eigenvalue weighted by molar-refractivity contribution is 0.0697. The first-order valence-electron chi connectivity index (χ1n) is 7.49. The topological polar surface area (TPSA) is 46.5 Å². The summed E-state index contributed by atoms with van der Waals surface area (Å²) in [6, 6.07) is 13.3. The second-order valence-corrected chi connectivity index (χ2v) is 5.26. The summed E-state index contributed by atoms with van der Waals surface area (Å²) in [5.41, 5.74) is 4.59. The Morgan fingerprint density at radius 2 is 2.00 bits per heavy atom. The van der Waals surface area contributed by atoms with Crippen LogP contribution in [0.2, 0.25) is 0 Å². The van der Waals surface area contributed by atoms with E-state index in [-0.39, 0.29) is 0 Å². The van der Waals surface area contributed by atoms with Gasteiger partial charge in [-0.05, 0) is 54.7 Å². The third-order valence-electron chi connectivity index (χ3n) is 3.89. The number of para-hydroxylation sites is 1. The summed E-state index contributed by atoms with van der Waals surface area (Å²) < 4.78 is 5.73. The van der Waals surface area contributed by atoms with Crippen LogP contribution in [0.1, 0.15) is 40.4 Å². The van der Waals surface area contributed by atoms with Gasteiger partial charge in [0.05, 0.1) is 12.2 Å². The van der Waals surface area contributed by atoms with E-state index in [0.717, 1.165) is 35.3 Å². The first kappa shape index (κ1) is 14.4. The van der Waals surface area contributed by atoms with Gasteiger partial charge in [-0.3, -0.25) is 0 Å². The molecule has 3 nitrogen and oxygen atoms in total. The Kier molecular flexibility index (Phi) is 3.96. The molecule has 0 heterocycles. The molecule has 1 aliphatic rings. The van der Waals surface area contributed by atoms with Crippen molar-refractivity contribution in [1.29, 1.82) is 0 Å². The molecular formula is C19H18O3. The van der Waals surface area contributed by atoms with Crippen LogP contribution >= 0.6 is 0 Å². The Hall–Kier alpha value is -2.55. The minimum atomic E-state index is -0.897. The molecule has 0 spiro atoms. The minimum absolute atomic E-state index is 0.320. The molecule has 1 N–H and O–H groups in total. The SMILES string of the molecule is CCOc1ccccc1C1=CCCc2ccc(C(=O)O)cc21. The summed E-state index contributed by atoms with van der Waals surface area (Å²) in [4.78, 5) is 11.3. The molecule has 2 aromatic rings. The molecule has 22 heavy (non-hydrogen) atoms. The number of hydrogen-bond acceptors (Lipinski definition) is 2. The molecule has 0 bridgehead atoms. The van der Waals surface area contributed by atoms with Gasteiger partial charge in [-0.2, -0.15) is 0 Å². The van der Waals surface area contributed by atoms with Crippen LogP contribution in [0.25, 0.3) is 5.57 Å². The molecular weight excluding hydrogens is 276 g/mol. The average Bonchev–Trinajstić information content (AvgIpc) is 2.54. The van der Waals surface area contributed by atoms with Crippen molar-refractivity contribution >= 4 is 11.5 Å². The number of carbonyl (C=O) groups is 1. The van der Waals surface area contributed by atoms with Crippen molar-refractivity contribution in [2.45, 2.75) is 19.8 Å². The molecule has 0 aromatic heterocycles. The Balaban J connectivity index is 2.12. The van der Waals surface area contributed by atoms with Gasteiger partial charge in [-0.25, -0.2) is 4.79 Å². The van der Waals surface area contributed by atoms with E-state index in [2.05, 4.69) is 6.08 Å². The fraction of sp³-hybridized carbons (Fsp3) is 0.211. The highest BCUT2D eigenvalue weighted by molar-refractivity contribution is 5.92. The van der Waals surface area contributed by atoms with Crippen molar-refractivity contribution < 1.29 is 14.6 Å². The predicted octanol–water partition coefficient (Wildman–Crippen LogP) is 4.16. The lowest BCUT2D eigenvalue weighted by Gasteiger charge is -2.20. The molecule has 0 saturated carbocycles. The standard InChI is InChI=1S/C19H18O3/c1-2-22-18-9-4-3-7-16(18)15-8-5-6-13-10-11-14(19(20)21)12-17(13)15/h3-4,7-12H,2,5-6H2,1H3,(H,20,21). The van der Waals surface area contributed by atoms with Gasteiger partial charge in [0.15, 0.2) is 0 Å². The largest absolute Gasteiger partial charge is 0.493 e. The van der Waals surface area contributed by atoms with E-state index < -0.39 is 5.97 Å². The van der Waals surface area contributed by atoms with Gasteiger partial charge >= 0.3 is 5.97 Å². The van der Waals surface area contributed by atoms with Crippen LogP contribution in [0.3, 0.4) is 0 Å². The van der Waals surface area contributed by atoms with E-state index >= 15 is 0 Å². The highest BCUT2D eigenvalue weighted by Gasteiger charge is 2.18. The third-order valence-corrected chi connectivity index (χ3v) is 3.89. The lowest BCUT2D eigenvalue weighted by Crippen LogP contribution is -2.06. The van der Waals surface area contributed by atoms with Gasteiger partial charge in [0.2, 0.25) is 0 Å². The van der Waals surface area contributed by atoms with E-state index in [9.17, 15) is 9.90 Å². The summed E-state index contributed by atoms with van der Waals surface area (Å²) >= 11 is 0. The van der Waals surface area contributed by atoms with Crippen LogP contribution in [0, 0.1) is 0 Å². The molecule has 0 atom stereocenters. The zero-order chi connectivity index (χ0) is 15.5. The maximum absolute atomic E-state index is 11.3. The predicted molar refractivity (Wildman–Crippen MR) is 86.4 cm³/mol. The second kappa shape index (κ2) is 6.06. The van der Waals surface area contributed by atoms with Crippen LogP contribution < -0.4 is 4.74 Å². The van der Waals surface area contributed by atoms with Gasteiger partial charge in [0.1, 0.15) is 5.75 Å². The fourth-order valence-corrected chi connectivity index (χ4v) is 2.89. The number of benzene rings is 2. The van der Waals surface area contributed by atoms with E-state index in [1.165, 1.54) is 5.56 Å². The molecule has 0 aliphatic heterocycles. The van der Waals surface area contributed by atoms with Gasteiger partial charge in [-0.15, -0.1) is 0 Å². The van der Waals surface area contributed by atoms with Crippen molar-refractivity contribution in [2.75, 3.05) is 6.61 Å². The molecule has 0 amide bonds. The van der Waals surface area contributed by atoms with Crippen LogP contribution in [-0.4, -0.2) is 17.7 Å². The van der Waals surface area contributed by atoms with Crippen LogP contribution in [0.5, 0.6) is 5.75 Å². The number of carboxylic acids is 1. The molecule has 0 radical (unpaired) electrons. The summed E-state index contributed by atoms with van der Waals surface area (Å²) in [6.07, 6.45) is 4.07. The highest BCUT2D eigenvalue weighted by atomic mass is 16.5. The third kappa shape index (κ3) is 2.62. The average molecular weight is 294 g/mol. The maximum Gasteiger partial charge on any atom is 0.335 e. The molecule has 0 saturated heterocycles. The normalized spacial score (nSPS) is 13.2. The Morgan fingerprint density at radius 1 is 1.18 bits per heavy atom. The summed E-state index contributed by atoms with van der Waals surface area (Å²) in [7, 11) is 0. The first-order valence-corrected chi connectivity index (χ1v) is 7.49. The zero-order valence-corrected chi connectivity index (χ0v) is 12.5. The number of fused-ring (bicyclic) bond motifs is 1. The number of aromatic carboxylic acids is 1. The molecule has 1 aliphatic carbocycles. The van der Waals surface area contributed by atoms with Gasteiger partial charge in [0.25, 0.3) is 0 Å². The quantitative estimate of drug-likeness (QED) is 0.921. The monoisotopic (exact) mass is 294 g/mol. The fourth-order valence-electron chi connectivity index (χ4n) is 2.89. The molecule has 2 aromatic carbocycles. The van der Waals surface area contributed by atoms with Crippen molar-refractivity contribution in [2.24, 2.45) is 0 Å². The van der Waals surface area contributed by atoms with Crippen LogP contribution in [-0.2, 0) is 6.42 Å². The second-order valence-electron chi connectivity index (χ2n) is 5.26. The van der Waals surface area contributed by atoms with E-state index in [1.807, 2.05) is 37.3 Å². The molecule has 3 rings (SSSR count). The number of hydrogen-bond donors (Lipinski definition) is 1. The smallest absolute Gasteiger partial charge is 0.335 e. The summed E-state index contributed by atoms with van der Waals surface area (Å²) in [5.74, 6) is -0.0596. The van der Waals surface area contributed by atoms with Crippen LogP contribution in [0.4, 0.5) is 0 Å². The van der Waals surface area contributed by atoms with Crippen molar-refractivity contribution in [3.63, 3.8) is 0 Å². The Morgan fingerprint density at radius 3 is 2.77 bits per heavy atom. The number of carboxylic acid groups (broad SMARTS) is 1. The van der Waals surface area contributed by atoms with Gasteiger partial charge in [-0.1, -0.05) is 30.3 Å². The maximum atomic E-state index is 11.3. The minimum Gasteiger partial charge on any atom is -0.493 e. The van der Waals surface area contributed by atoms with Crippen molar-refractivity contribution in [3.05, 3.63) is 70.8 Å². The number of allylic oxidation sites excluding steroid dienone is 1. The molecule has 0 unspecified atom stereocenters. The van der Waals surface area contributed by atoms with E-state index in [1.54, 1.807) is 12.1 Å². The highest BCUT2D eigenvalue weighted by Crippen LogP contribution is 2.36. The number of rotatable bonds is 4. The molecule has 0 fully saturated rings. The summed E-state index contributed by atoms with van der Waals surface area (Å²) in [6.45, 7) is 2.56. The number of aryl methyl sites for hydroxylation is 1. The van der Waals surface area contributed by atoms with Gasteiger partial charge < -0.3 is 9.84 Å².